The van der Waals surface area contributed by atoms with Crippen LogP contribution in [0.4, 0.5) is 0 Å². The molecule has 1 aliphatic heterocycles. The Hall–Kier alpha value is -0.0800. The fourth-order valence-corrected chi connectivity index (χ4v) is 3.73. The molecule has 0 amide bonds. The lowest BCUT2D eigenvalue weighted by Gasteiger charge is -2.42. The summed E-state index contributed by atoms with van der Waals surface area (Å²) >= 11 is 0. The van der Waals surface area contributed by atoms with Crippen molar-refractivity contribution in [2.24, 2.45) is 0 Å². The van der Waals surface area contributed by atoms with Gasteiger partial charge in [-0.2, -0.15) is 0 Å². The number of hydrogen-bond acceptors (Lipinski definition) is 1. The Morgan fingerprint density at radius 3 is 1.45 bits per heavy atom. The molecule has 1 rings (SSSR count). The van der Waals surface area contributed by atoms with Crippen molar-refractivity contribution in [1.82, 2.24) is 0 Å². The Labute approximate surface area is 139 Å². The number of quaternary nitrogens is 1. The molecule has 0 bridgehead atoms. The minimum absolute atomic E-state index is 0.123. The van der Waals surface area contributed by atoms with Gasteiger partial charge in [0, 0.05) is 0 Å². The van der Waals surface area contributed by atoms with Crippen molar-refractivity contribution in [2.45, 2.75) is 110 Å². The normalized spacial score (nSPS) is 18.3. The molecule has 0 N–H and O–H groups in total. The molecule has 0 aromatic carbocycles. The highest BCUT2D eigenvalue weighted by molar-refractivity contribution is 4.55. The maximum atomic E-state index is 12.6. The Kier molecular flexibility index (Phi) is 12.1. The molecule has 1 saturated heterocycles. The van der Waals surface area contributed by atoms with Crippen LogP contribution >= 0.6 is 0 Å². The lowest BCUT2D eigenvalue weighted by Crippen LogP contribution is -2.43. The minimum atomic E-state index is 0.123. The summed E-state index contributed by atoms with van der Waals surface area (Å²) in [5, 5.41) is 12.6. The lowest BCUT2D eigenvalue weighted by atomic mass is 10.1. The predicted molar refractivity (Wildman–Crippen MR) is 97.8 cm³/mol. The number of unbranched alkanes of at least 4 members (excludes halogenated alkanes) is 11. The molecule has 0 aromatic rings. The molecule has 0 spiro atoms. The first kappa shape index (κ1) is 20.0. The smallest absolute Gasteiger partial charge is 0.0783 e. The standard InChI is InChI=1S/C20H41NO/c1-2-3-4-5-6-7-8-9-10-11-12-15-18-21(22)19-16-13-14-17-20-21/h2-20H2,1H3. The molecule has 22 heavy (non-hydrogen) atoms. The molecule has 0 saturated carbocycles. The van der Waals surface area contributed by atoms with Gasteiger partial charge in [-0.3, -0.25) is 0 Å². The van der Waals surface area contributed by atoms with Gasteiger partial charge in [0.1, 0.15) is 0 Å². The molecule has 0 atom stereocenters. The Bertz CT molecular complexity index is 234. The van der Waals surface area contributed by atoms with E-state index in [1.807, 2.05) is 0 Å². The van der Waals surface area contributed by atoms with E-state index in [9.17, 15) is 5.21 Å². The second-order valence-electron chi connectivity index (χ2n) is 7.53. The summed E-state index contributed by atoms with van der Waals surface area (Å²) in [6.45, 7) is 4.94. The molecule has 1 aliphatic rings. The highest BCUT2D eigenvalue weighted by atomic mass is 16.5. The molecule has 0 aliphatic carbocycles. The van der Waals surface area contributed by atoms with E-state index in [0.717, 1.165) is 38.9 Å². The van der Waals surface area contributed by atoms with Crippen LogP contribution < -0.4 is 0 Å². The third kappa shape index (κ3) is 10.6. The maximum absolute atomic E-state index is 12.6. The van der Waals surface area contributed by atoms with E-state index in [2.05, 4.69) is 6.92 Å². The van der Waals surface area contributed by atoms with Gasteiger partial charge in [-0.05, 0) is 38.5 Å². The molecule has 0 unspecified atom stereocenters. The fourth-order valence-electron chi connectivity index (χ4n) is 3.73. The summed E-state index contributed by atoms with van der Waals surface area (Å²) in [5.41, 5.74) is 0. The number of likely N-dealkylation sites (tertiary alicyclic amines) is 1. The summed E-state index contributed by atoms with van der Waals surface area (Å²) in [7, 11) is 0. The molecule has 132 valence electrons. The molecule has 2 heteroatoms. The summed E-state index contributed by atoms with van der Waals surface area (Å²) < 4.78 is 0.123. The van der Waals surface area contributed by atoms with Crippen molar-refractivity contribution in [3.63, 3.8) is 0 Å². The molecule has 0 aromatic heterocycles. The van der Waals surface area contributed by atoms with Crippen LogP contribution in [0.3, 0.4) is 0 Å². The molecule has 0 radical (unpaired) electrons. The van der Waals surface area contributed by atoms with E-state index in [1.54, 1.807) is 0 Å². The third-order valence-electron chi connectivity index (χ3n) is 5.30. The largest absolute Gasteiger partial charge is 0.633 e. The molecule has 1 heterocycles. The van der Waals surface area contributed by atoms with Crippen LogP contribution in [0.1, 0.15) is 110 Å². The number of hydrogen-bond donors (Lipinski definition) is 0. The van der Waals surface area contributed by atoms with E-state index in [-0.39, 0.29) is 4.65 Å². The van der Waals surface area contributed by atoms with Gasteiger partial charge in [0.15, 0.2) is 0 Å². The van der Waals surface area contributed by atoms with E-state index in [1.165, 1.54) is 83.5 Å². The summed E-state index contributed by atoms with van der Waals surface area (Å²) in [6.07, 6.45) is 21.4. The van der Waals surface area contributed by atoms with Gasteiger partial charge >= 0.3 is 0 Å². The van der Waals surface area contributed by atoms with Crippen molar-refractivity contribution in [3.05, 3.63) is 5.21 Å². The zero-order valence-electron chi connectivity index (χ0n) is 15.3. The van der Waals surface area contributed by atoms with Crippen molar-refractivity contribution < 1.29 is 4.65 Å². The lowest BCUT2D eigenvalue weighted by molar-refractivity contribution is -0.880. The van der Waals surface area contributed by atoms with Crippen LogP contribution in [-0.4, -0.2) is 24.3 Å². The van der Waals surface area contributed by atoms with Crippen molar-refractivity contribution in [2.75, 3.05) is 19.6 Å². The van der Waals surface area contributed by atoms with Crippen molar-refractivity contribution in [3.8, 4) is 0 Å². The molecular formula is C20H41NO. The first-order valence-electron chi connectivity index (χ1n) is 10.3. The Morgan fingerprint density at radius 2 is 1.00 bits per heavy atom. The van der Waals surface area contributed by atoms with Gasteiger partial charge in [0.25, 0.3) is 0 Å². The topological polar surface area (TPSA) is 23.1 Å². The zero-order chi connectivity index (χ0) is 15.9. The predicted octanol–water partition coefficient (Wildman–Crippen LogP) is 6.58. The van der Waals surface area contributed by atoms with Gasteiger partial charge < -0.3 is 9.85 Å². The van der Waals surface area contributed by atoms with Crippen LogP contribution in [0, 0.1) is 5.21 Å². The van der Waals surface area contributed by atoms with Gasteiger partial charge in [0.2, 0.25) is 0 Å². The van der Waals surface area contributed by atoms with Gasteiger partial charge in [0.05, 0.1) is 19.6 Å². The first-order valence-corrected chi connectivity index (χ1v) is 10.3. The average molecular weight is 312 g/mol. The average Bonchev–Trinajstić information content (AvgIpc) is 2.73. The van der Waals surface area contributed by atoms with Crippen LogP contribution in [0.25, 0.3) is 0 Å². The monoisotopic (exact) mass is 311 g/mol. The van der Waals surface area contributed by atoms with Crippen molar-refractivity contribution >= 4 is 0 Å². The van der Waals surface area contributed by atoms with Gasteiger partial charge in [-0.25, -0.2) is 0 Å². The number of hydroxylamine groups is 3. The summed E-state index contributed by atoms with van der Waals surface area (Å²) in [5.74, 6) is 0. The second kappa shape index (κ2) is 13.4. The van der Waals surface area contributed by atoms with E-state index in [4.69, 9.17) is 0 Å². The van der Waals surface area contributed by atoms with Crippen LogP contribution in [0.5, 0.6) is 0 Å². The van der Waals surface area contributed by atoms with Crippen LogP contribution in [0.2, 0.25) is 0 Å². The highest BCUT2D eigenvalue weighted by Crippen LogP contribution is 2.19. The van der Waals surface area contributed by atoms with Gasteiger partial charge in [-0.15, -0.1) is 0 Å². The van der Waals surface area contributed by atoms with E-state index >= 15 is 0 Å². The molecule has 2 nitrogen and oxygen atoms in total. The maximum Gasteiger partial charge on any atom is 0.0783 e. The van der Waals surface area contributed by atoms with Gasteiger partial charge in [-0.1, -0.05) is 71.1 Å². The summed E-state index contributed by atoms with van der Waals surface area (Å²) in [4.78, 5) is 0. The second-order valence-corrected chi connectivity index (χ2v) is 7.53. The van der Waals surface area contributed by atoms with Crippen molar-refractivity contribution in [1.29, 1.82) is 0 Å². The number of rotatable bonds is 13. The van der Waals surface area contributed by atoms with E-state index in [0.29, 0.717) is 0 Å². The quantitative estimate of drug-likeness (QED) is 0.214. The SMILES string of the molecule is CCCCCCCCCCCCCC[N+]1([O-])CCCCCC1. The minimum Gasteiger partial charge on any atom is -0.633 e. The fraction of sp³-hybridized carbons (Fsp3) is 1.00. The third-order valence-corrected chi connectivity index (χ3v) is 5.30. The van der Waals surface area contributed by atoms with E-state index < -0.39 is 0 Å². The first-order chi connectivity index (χ1) is 10.8. The van der Waals surface area contributed by atoms with Crippen LogP contribution in [-0.2, 0) is 0 Å². The number of nitrogens with zero attached hydrogens (tertiary/aromatic N) is 1. The Morgan fingerprint density at radius 1 is 0.591 bits per heavy atom. The molecule has 1 fully saturated rings. The molecular weight excluding hydrogens is 270 g/mol. The summed E-state index contributed by atoms with van der Waals surface area (Å²) in [6, 6.07) is 0. The highest BCUT2D eigenvalue weighted by Gasteiger charge is 2.18. The Balaban J connectivity index is 1.83. The van der Waals surface area contributed by atoms with Crippen LogP contribution in [0.15, 0.2) is 0 Å². The zero-order valence-corrected chi connectivity index (χ0v) is 15.3.